The van der Waals surface area contributed by atoms with Gasteiger partial charge in [-0.05, 0) is 20.3 Å². The molecule has 0 fully saturated rings. The van der Waals surface area contributed by atoms with E-state index in [2.05, 4.69) is 10.3 Å². The molecular formula is C13H22N4O2. The molecule has 6 heteroatoms. The van der Waals surface area contributed by atoms with Crippen molar-refractivity contribution in [3.8, 4) is 0 Å². The average Bonchev–Trinajstić information content (AvgIpc) is 2.82. The van der Waals surface area contributed by atoms with Crippen LogP contribution in [-0.2, 0) is 11.3 Å². The summed E-state index contributed by atoms with van der Waals surface area (Å²) in [6, 6.07) is 0.134. The van der Waals surface area contributed by atoms with Crippen LogP contribution >= 0.6 is 0 Å². The molecule has 106 valence electrons. The highest BCUT2D eigenvalue weighted by Crippen LogP contribution is 2.16. The van der Waals surface area contributed by atoms with Crippen LogP contribution in [0.3, 0.4) is 0 Å². The molecule has 0 unspecified atom stereocenters. The molecule has 1 aliphatic rings. The summed E-state index contributed by atoms with van der Waals surface area (Å²) in [6.45, 7) is 6.96. The van der Waals surface area contributed by atoms with Gasteiger partial charge in [0.15, 0.2) is 0 Å². The van der Waals surface area contributed by atoms with Gasteiger partial charge in [-0.15, -0.1) is 0 Å². The van der Waals surface area contributed by atoms with E-state index in [4.69, 9.17) is 4.74 Å². The molecule has 6 nitrogen and oxygen atoms in total. The van der Waals surface area contributed by atoms with E-state index < -0.39 is 0 Å². The maximum absolute atomic E-state index is 12.5. The molecule has 0 saturated carbocycles. The zero-order chi connectivity index (χ0) is 13.8. The number of nitrogens with one attached hydrogen (secondary N) is 1. The Morgan fingerprint density at radius 2 is 2.42 bits per heavy atom. The Kier molecular flexibility index (Phi) is 4.42. The lowest BCUT2D eigenvalue weighted by Crippen LogP contribution is -2.39. The van der Waals surface area contributed by atoms with Gasteiger partial charge in [0.05, 0.1) is 6.61 Å². The molecule has 0 atom stereocenters. The van der Waals surface area contributed by atoms with Crippen molar-refractivity contribution in [2.24, 2.45) is 0 Å². The Labute approximate surface area is 113 Å². The monoisotopic (exact) mass is 266 g/mol. The second kappa shape index (κ2) is 6.06. The van der Waals surface area contributed by atoms with E-state index in [1.165, 1.54) is 0 Å². The summed E-state index contributed by atoms with van der Waals surface area (Å²) in [7, 11) is 1.64. The Balaban J connectivity index is 2.14. The van der Waals surface area contributed by atoms with Gasteiger partial charge in [0.25, 0.3) is 5.91 Å². The summed E-state index contributed by atoms with van der Waals surface area (Å²) in [5.41, 5.74) is 0.509. The van der Waals surface area contributed by atoms with Gasteiger partial charge in [-0.2, -0.15) is 0 Å². The second-order valence-electron chi connectivity index (χ2n) is 5.01. The maximum Gasteiger partial charge on any atom is 0.274 e. The summed E-state index contributed by atoms with van der Waals surface area (Å²) < 4.78 is 7.06. The zero-order valence-electron chi connectivity index (χ0n) is 11.8. The fraction of sp³-hybridized carbons (Fsp3) is 0.692. The summed E-state index contributed by atoms with van der Waals surface area (Å²) in [6.07, 6.45) is 2.90. The van der Waals surface area contributed by atoms with Crippen LogP contribution in [0.2, 0.25) is 0 Å². The van der Waals surface area contributed by atoms with E-state index in [9.17, 15) is 4.79 Å². The van der Waals surface area contributed by atoms with Crippen molar-refractivity contribution in [3.05, 3.63) is 11.9 Å². The minimum Gasteiger partial charge on any atom is -0.383 e. The molecule has 2 heterocycles. The number of carbonyl (C=O) groups is 1. The van der Waals surface area contributed by atoms with E-state index in [0.717, 1.165) is 25.5 Å². The average molecular weight is 266 g/mol. The van der Waals surface area contributed by atoms with Crippen LogP contribution < -0.4 is 5.32 Å². The summed E-state index contributed by atoms with van der Waals surface area (Å²) in [5, 5.41) is 3.21. The lowest BCUT2D eigenvalue weighted by atomic mass is 10.3. The number of amides is 1. The number of fused-ring (bicyclic) bond motifs is 1. The van der Waals surface area contributed by atoms with Crippen molar-refractivity contribution < 1.29 is 9.53 Å². The molecule has 0 radical (unpaired) electrons. The topological polar surface area (TPSA) is 59.4 Å². The van der Waals surface area contributed by atoms with Gasteiger partial charge in [0, 0.05) is 39.0 Å². The highest BCUT2D eigenvalue weighted by molar-refractivity contribution is 5.92. The standard InChI is InChI=1S/C13H22N4O2/c1-10(2)17(7-8-19-3)12(18)11-9-16-6-4-5-14-13(16)15-11/h9-10H,4-8H2,1-3H3,(H,14,15). The van der Waals surface area contributed by atoms with Crippen molar-refractivity contribution in [2.75, 3.05) is 32.1 Å². The first-order valence-electron chi connectivity index (χ1n) is 6.74. The minimum atomic E-state index is -0.0317. The fourth-order valence-electron chi connectivity index (χ4n) is 2.21. The first kappa shape index (κ1) is 13.9. The van der Waals surface area contributed by atoms with Crippen LogP contribution in [0.5, 0.6) is 0 Å². The molecule has 0 aliphatic carbocycles. The molecule has 0 aromatic carbocycles. The Bertz CT molecular complexity index is 418. The number of anilines is 1. The van der Waals surface area contributed by atoms with E-state index in [0.29, 0.717) is 18.8 Å². The van der Waals surface area contributed by atoms with Crippen molar-refractivity contribution >= 4 is 11.9 Å². The van der Waals surface area contributed by atoms with Gasteiger partial charge < -0.3 is 19.5 Å². The first-order valence-corrected chi connectivity index (χ1v) is 6.74. The summed E-state index contributed by atoms with van der Waals surface area (Å²) in [4.78, 5) is 18.6. The number of ether oxygens (including phenoxy) is 1. The molecule has 0 bridgehead atoms. The first-order chi connectivity index (χ1) is 9.13. The molecular weight excluding hydrogens is 244 g/mol. The molecule has 19 heavy (non-hydrogen) atoms. The van der Waals surface area contributed by atoms with Crippen molar-refractivity contribution in [2.45, 2.75) is 32.9 Å². The Morgan fingerprint density at radius 1 is 1.63 bits per heavy atom. The third-order valence-electron chi connectivity index (χ3n) is 3.28. The number of hydrogen-bond donors (Lipinski definition) is 1. The van der Waals surface area contributed by atoms with Crippen molar-refractivity contribution in [3.63, 3.8) is 0 Å². The highest BCUT2D eigenvalue weighted by atomic mass is 16.5. The Hall–Kier alpha value is -1.56. The van der Waals surface area contributed by atoms with Crippen LogP contribution in [0.15, 0.2) is 6.20 Å². The molecule has 1 aromatic heterocycles. The fourth-order valence-corrected chi connectivity index (χ4v) is 2.21. The number of aryl methyl sites for hydroxylation is 1. The lowest BCUT2D eigenvalue weighted by Gasteiger charge is -2.25. The molecule has 1 aliphatic heterocycles. The smallest absolute Gasteiger partial charge is 0.274 e. The van der Waals surface area contributed by atoms with Gasteiger partial charge in [-0.25, -0.2) is 4.98 Å². The molecule has 1 amide bonds. The molecule has 1 N–H and O–H groups in total. The van der Waals surface area contributed by atoms with Crippen molar-refractivity contribution in [1.82, 2.24) is 14.5 Å². The SMILES string of the molecule is COCCN(C(=O)c1cn2c(n1)NCCC2)C(C)C. The van der Waals surface area contributed by atoms with Crippen molar-refractivity contribution in [1.29, 1.82) is 0 Å². The van der Waals surface area contributed by atoms with Crippen LogP contribution in [-0.4, -0.2) is 53.2 Å². The van der Waals surface area contributed by atoms with Gasteiger partial charge in [0.2, 0.25) is 5.95 Å². The van der Waals surface area contributed by atoms with Crippen LogP contribution in [0.25, 0.3) is 0 Å². The molecule has 0 spiro atoms. The number of imidazole rings is 1. The number of hydrogen-bond acceptors (Lipinski definition) is 4. The van der Waals surface area contributed by atoms with E-state index >= 15 is 0 Å². The third kappa shape index (κ3) is 3.07. The molecule has 0 saturated heterocycles. The number of rotatable bonds is 5. The predicted octanol–water partition coefficient (Wildman–Crippen LogP) is 1.20. The predicted molar refractivity (Wildman–Crippen MR) is 73.4 cm³/mol. The number of nitrogens with zero attached hydrogens (tertiary/aromatic N) is 3. The van der Waals surface area contributed by atoms with Gasteiger partial charge >= 0.3 is 0 Å². The largest absolute Gasteiger partial charge is 0.383 e. The van der Waals surface area contributed by atoms with E-state index in [1.807, 2.05) is 24.6 Å². The zero-order valence-corrected chi connectivity index (χ0v) is 11.8. The van der Waals surface area contributed by atoms with Crippen LogP contribution in [0.4, 0.5) is 5.95 Å². The van der Waals surface area contributed by atoms with E-state index in [-0.39, 0.29) is 11.9 Å². The third-order valence-corrected chi connectivity index (χ3v) is 3.28. The van der Waals surface area contributed by atoms with Gasteiger partial charge in [0.1, 0.15) is 5.69 Å². The summed E-state index contributed by atoms with van der Waals surface area (Å²) >= 11 is 0. The molecule has 1 aromatic rings. The van der Waals surface area contributed by atoms with Gasteiger partial charge in [-0.3, -0.25) is 4.79 Å². The lowest BCUT2D eigenvalue weighted by molar-refractivity contribution is 0.0629. The van der Waals surface area contributed by atoms with E-state index in [1.54, 1.807) is 12.0 Å². The number of methoxy groups -OCH3 is 1. The minimum absolute atomic E-state index is 0.0317. The summed E-state index contributed by atoms with van der Waals surface area (Å²) in [5.74, 6) is 0.765. The Morgan fingerprint density at radius 3 is 3.05 bits per heavy atom. The second-order valence-corrected chi connectivity index (χ2v) is 5.01. The normalized spacial score (nSPS) is 14.1. The molecule has 2 rings (SSSR count). The van der Waals surface area contributed by atoms with Crippen LogP contribution in [0, 0.1) is 0 Å². The maximum atomic E-state index is 12.5. The number of aromatic nitrogens is 2. The number of carbonyl (C=O) groups excluding carboxylic acids is 1. The quantitative estimate of drug-likeness (QED) is 0.870. The van der Waals surface area contributed by atoms with Gasteiger partial charge in [-0.1, -0.05) is 0 Å². The highest BCUT2D eigenvalue weighted by Gasteiger charge is 2.23. The van der Waals surface area contributed by atoms with Crippen LogP contribution in [0.1, 0.15) is 30.8 Å².